The van der Waals surface area contributed by atoms with Gasteiger partial charge < -0.3 is 7.74 Å². The quantitative estimate of drug-likeness (QED) is 0.227. The average molecular weight is 653 g/mol. The predicted octanol–water partition coefficient (Wildman–Crippen LogP) is 7.01. The summed E-state index contributed by atoms with van der Waals surface area (Å²) in [5.74, 6) is 0. The van der Waals surface area contributed by atoms with Gasteiger partial charge in [0.15, 0.2) is 0 Å². The minimum absolute atomic E-state index is 0.165. The van der Waals surface area contributed by atoms with E-state index in [1.54, 1.807) is 0 Å². The fourth-order valence-electron chi connectivity index (χ4n) is 4.70. The largest absolute Gasteiger partial charge is 0.338 e. The van der Waals surface area contributed by atoms with E-state index in [0.29, 0.717) is 7.64 Å². The van der Waals surface area contributed by atoms with Crippen molar-refractivity contribution in [3.63, 3.8) is 0 Å². The van der Waals surface area contributed by atoms with Gasteiger partial charge in [0.1, 0.15) is 43.4 Å². The molecular formula is C30H52O4S2Si4. The van der Waals surface area contributed by atoms with Crippen molar-refractivity contribution in [3.05, 3.63) is 60.7 Å². The van der Waals surface area contributed by atoms with Gasteiger partial charge >= 0.3 is 0 Å². The molecule has 0 aromatic heterocycles. The second kappa shape index (κ2) is 10.5. The minimum Gasteiger partial charge on any atom is -0.338 e. The van der Waals surface area contributed by atoms with Gasteiger partial charge in [-0.3, -0.25) is 0 Å². The maximum Gasteiger partial charge on any atom is 0.213 e. The Bertz CT molecular complexity index is 1360. The first kappa shape index (κ1) is 33.8. The molecule has 0 N–H and O–H groups in total. The van der Waals surface area contributed by atoms with Crippen molar-refractivity contribution < 1.29 is 16.2 Å². The highest BCUT2D eigenvalue weighted by Gasteiger charge is 2.61. The molecule has 0 radical (unpaired) electrons. The lowest BCUT2D eigenvalue weighted by molar-refractivity contribution is 0.508. The monoisotopic (exact) mass is 652 g/mol. The van der Waals surface area contributed by atoms with E-state index in [4.69, 9.17) is 7.74 Å². The topological polar surface area (TPSA) is 52.6 Å². The Balaban J connectivity index is 2.53. The van der Waals surface area contributed by atoms with Gasteiger partial charge in [-0.1, -0.05) is 139 Å². The molecule has 0 fully saturated rings. The lowest BCUT2D eigenvalue weighted by atomic mass is 10.2. The first-order chi connectivity index (χ1) is 17.9. The summed E-state index contributed by atoms with van der Waals surface area (Å²) >= 11 is 0. The van der Waals surface area contributed by atoms with Gasteiger partial charge in [0, 0.05) is 0 Å². The van der Waals surface area contributed by atoms with Crippen LogP contribution in [0.1, 0.15) is 41.5 Å². The lowest BCUT2D eigenvalue weighted by Gasteiger charge is -2.50. The van der Waals surface area contributed by atoms with E-state index in [0.717, 1.165) is 10.4 Å². The third-order valence-corrected chi connectivity index (χ3v) is 41.2. The van der Waals surface area contributed by atoms with Crippen molar-refractivity contribution >= 4 is 70.4 Å². The fraction of sp³-hybridized carbons (Fsp3) is 0.533. The fourth-order valence-corrected chi connectivity index (χ4v) is 35.8. The van der Waals surface area contributed by atoms with E-state index in [2.05, 4.69) is 118 Å². The third-order valence-electron chi connectivity index (χ3n) is 9.25. The molecule has 1 aliphatic heterocycles. The van der Waals surface area contributed by atoms with Crippen molar-refractivity contribution in [2.45, 2.75) is 104 Å². The molecule has 224 valence electrons. The summed E-state index contributed by atoms with van der Waals surface area (Å²) in [6.45, 7) is 30.3. The van der Waals surface area contributed by atoms with Crippen LogP contribution in [0, 0.1) is 0 Å². The maximum absolute atomic E-state index is 15.9. The first-order valence-electron chi connectivity index (χ1n) is 14.2. The molecule has 0 saturated carbocycles. The molecule has 0 unspecified atom stereocenters. The third kappa shape index (κ3) is 5.64. The molecule has 3 rings (SSSR count). The van der Waals surface area contributed by atoms with Crippen LogP contribution in [0.4, 0.5) is 0 Å². The molecule has 0 atom stereocenters. The molecule has 2 aromatic rings. The van der Waals surface area contributed by atoms with Crippen LogP contribution in [0.3, 0.4) is 0 Å². The molecule has 1 heterocycles. The van der Waals surface area contributed by atoms with Gasteiger partial charge in [0.05, 0.1) is 0 Å². The van der Waals surface area contributed by atoms with Crippen LogP contribution >= 0.6 is 0 Å². The summed E-state index contributed by atoms with van der Waals surface area (Å²) in [5.41, 5.74) is 0. The Hall–Kier alpha value is -0.732. The lowest BCUT2D eigenvalue weighted by Crippen LogP contribution is -2.72. The van der Waals surface area contributed by atoms with E-state index in [1.807, 2.05) is 36.4 Å². The Morgan fingerprint density at radius 1 is 0.500 bits per heavy atom. The zero-order chi connectivity index (χ0) is 30.8. The number of hydrogen-bond donors (Lipinski definition) is 0. The van der Waals surface area contributed by atoms with Crippen molar-refractivity contribution in [1.29, 1.82) is 0 Å². The zero-order valence-electron chi connectivity index (χ0n) is 27.2. The SMILES string of the molecule is CC(C)(C)[Si](C)(C)OS1(=O)=C([Si](C)(C)c2ccccc2)S(=O)(O[Si](C)(C)C(C)(C)C)=C1[Si](C)(C)c1ccccc1. The van der Waals surface area contributed by atoms with Crippen LogP contribution in [0.25, 0.3) is 0 Å². The summed E-state index contributed by atoms with van der Waals surface area (Å²) in [6, 6.07) is 20.4. The second-order valence-electron chi connectivity index (χ2n) is 15.3. The molecular weight excluding hydrogens is 601 g/mol. The molecule has 0 spiro atoms. The molecule has 2 aromatic carbocycles. The predicted molar refractivity (Wildman–Crippen MR) is 190 cm³/mol. The van der Waals surface area contributed by atoms with Crippen LogP contribution in [0.2, 0.25) is 62.5 Å². The minimum atomic E-state index is -3.21. The van der Waals surface area contributed by atoms with Gasteiger partial charge in [-0.25, -0.2) is 8.42 Å². The summed E-state index contributed by atoms with van der Waals surface area (Å²) < 4.78 is 47.2. The summed E-state index contributed by atoms with van der Waals surface area (Å²) in [6.07, 6.45) is 0. The average Bonchev–Trinajstić information content (AvgIpc) is 2.77. The highest BCUT2D eigenvalue weighted by Crippen LogP contribution is 2.45. The van der Waals surface area contributed by atoms with Crippen molar-refractivity contribution in [3.8, 4) is 0 Å². The van der Waals surface area contributed by atoms with Crippen LogP contribution in [0.5, 0.6) is 0 Å². The van der Waals surface area contributed by atoms with E-state index in [9.17, 15) is 0 Å². The Labute approximate surface area is 250 Å². The van der Waals surface area contributed by atoms with Crippen LogP contribution in [-0.2, 0) is 27.3 Å². The second-order valence-corrected chi connectivity index (χ2v) is 39.9. The molecule has 10 heteroatoms. The first-order valence-corrected chi connectivity index (χ1v) is 29.0. The van der Waals surface area contributed by atoms with Gasteiger partial charge in [0.2, 0.25) is 16.6 Å². The molecule has 0 amide bonds. The summed E-state index contributed by atoms with van der Waals surface area (Å²) in [5, 5.41) is 1.87. The zero-order valence-corrected chi connectivity index (χ0v) is 32.9. The number of benzene rings is 2. The van der Waals surface area contributed by atoms with E-state index < -0.39 is 52.4 Å². The smallest absolute Gasteiger partial charge is 0.213 e. The van der Waals surface area contributed by atoms with Gasteiger partial charge in [-0.05, 0) is 36.3 Å². The Morgan fingerprint density at radius 3 is 0.975 bits per heavy atom. The molecule has 40 heavy (non-hydrogen) atoms. The highest BCUT2D eigenvalue weighted by molar-refractivity contribution is 8.53. The summed E-state index contributed by atoms with van der Waals surface area (Å²) in [4.78, 5) is 0. The molecule has 4 nitrogen and oxygen atoms in total. The van der Waals surface area contributed by atoms with E-state index >= 15 is 8.42 Å². The van der Waals surface area contributed by atoms with Gasteiger partial charge in [-0.2, -0.15) is 0 Å². The van der Waals surface area contributed by atoms with Crippen LogP contribution in [0.15, 0.2) is 60.7 Å². The molecule has 1 aliphatic rings. The standard InChI is InChI=1S/C30H52O4S2Si4/c1-29(2,3)39(11,12)33-35(31)27(37(7,8)25-21-17-15-18-22-25)36(32,34-40(13,14)30(4,5)6)28(35)38(9,10)26-23-19-16-20-24-26/h15-24H,1-14H3. The molecule has 0 bridgehead atoms. The normalized spacial score (nSPS) is 23.2. The summed E-state index contributed by atoms with van der Waals surface area (Å²) in [7, 11) is -17.0. The molecule has 0 aliphatic carbocycles. The highest BCUT2D eigenvalue weighted by atomic mass is 32.3. The van der Waals surface area contributed by atoms with Crippen molar-refractivity contribution in [2.24, 2.45) is 0 Å². The van der Waals surface area contributed by atoms with Crippen LogP contribution < -0.4 is 10.4 Å². The van der Waals surface area contributed by atoms with Crippen molar-refractivity contribution in [2.75, 3.05) is 0 Å². The van der Waals surface area contributed by atoms with Crippen molar-refractivity contribution in [1.82, 2.24) is 0 Å². The van der Waals surface area contributed by atoms with Gasteiger partial charge in [0.25, 0.3) is 0 Å². The van der Waals surface area contributed by atoms with E-state index in [-0.39, 0.29) is 10.1 Å². The van der Waals surface area contributed by atoms with Crippen LogP contribution in [-0.4, -0.2) is 48.8 Å². The number of rotatable bonds is 8. The maximum atomic E-state index is 15.9. The molecule has 0 saturated heterocycles. The van der Waals surface area contributed by atoms with Gasteiger partial charge in [-0.15, -0.1) is 0 Å². The Morgan fingerprint density at radius 2 is 0.750 bits per heavy atom. The number of hydrogen-bond acceptors (Lipinski definition) is 4. The Kier molecular flexibility index (Phi) is 8.83. The van der Waals surface area contributed by atoms with E-state index in [1.165, 1.54) is 0 Å².